The van der Waals surface area contributed by atoms with Crippen molar-refractivity contribution in [2.75, 3.05) is 0 Å². The second kappa shape index (κ2) is 5.64. The second-order valence-electron chi connectivity index (χ2n) is 10.3. The number of allylic oxidation sites excluding steroid dienone is 2. The van der Waals surface area contributed by atoms with Crippen LogP contribution in [0.25, 0.3) is 0 Å². The van der Waals surface area contributed by atoms with E-state index in [-0.39, 0.29) is 21.7 Å². The van der Waals surface area contributed by atoms with E-state index in [1.54, 1.807) is 11.8 Å². The number of thioether (sulfide) groups is 1. The Morgan fingerprint density at radius 2 is 1.04 bits per heavy atom. The van der Waals surface area contributed by atoms with E-state index in [4.69, 9.17) is 0 Å². The van der Waals surface area contributed by atoms with E-state index < -0.39 is 12.2 Å². The summed E-state index contributed by atoms with van der Waals surface area (Å²) in [5, 5.41) is 21.6. The van der Waals surface area contributed by atoms with E-state index in [0.717, 1.165) is 22.7 Å². The van der Waals surface area contributed by atoms with E-state index in [0.29, 0.717) is 0 Å². The SMILES string of the molecule is CC1(C)C=C(SC2=CC(C)(C)CC(C)(C)C2O)C(O)C(C)(C)C1. The Labute approximate surface area is 146 Å². The Kier molecular flexibility index (Phi) is 4.68. The Bertz CT molecular complexity index is 490. The number of aliphatic hydroxyl groups excluding tert-OH is 2. The number of aliphatic hydroxyl groups is 2. The summed E-state index contributed by atoms with van der Waals surface area (Å²) >= 11 is 1.59. The Balaban J connectivity index is 2.37. The van der Waals surface area contributed by atoms with E-state index in [1.807, 2.05) is 0 Å². The minimum atomic E-state index is -0.471. The summed E-state index contributed by atoms with van der Waals surface area (Å²) in [6.45, 7) is 17.4. The molecule has 23 heavy (non-hydrogen) atoms. The highest BCUT2D eigenvalue weighted by molar-refractivity contribution is 8.06. The van der Waals surface area contributed by atoms with E-state index in [9.17, 15) is 10.2 Å². The van der Waals surface area contributed by atoms with Crippen molar-refractivity contribution in [2.45, 2.75) is 80.4 Å². The summed E-state index contributed by atoms with van der Waals surface area (Å²) in [4.78, 5) is 1.98. The van der Waals surface area contributed by atoms with Crippen LogP contribution in [-0.4, -0.2) is 22.4 Å². The molecule has 0 bridgehead atoms. The molecule has 0 fully saturated rings. The van der Waals surface area contributed by atoms with Gasteiger partial charge < -0.3 is 10.2 Å². The Morgan fingerprint density at radius 1 is 0.739 bits per heavy atom. The lowest BCUT2D eigenvalue weighted by Gasteiger charge is -2.46. The zero-order valence-corrected chi connectivity index (χ0v) is 16.8. The minimum Gasteiger partial charge on any atom is -0.387 e. The first kappa shape index (κ1) is 19.1. The molecule has 2 nitrogen and oxygen atoms in total. The molecule has 3 heteroatoms. The van der Waals surface area contributed by atoms with Crippen LogP contribution in [0.5, 0.6) is 0 Å². The third-order valence-corrected chi connectivity index (χ3v) is 6.30. The van der Waals surface area contributed by atoms with Crippen LogP contribution < -0.4 is 0 Å². The van der Waals surface area contributed by atoms with Crippen LogP contribution in [-0.2, 0) is 0 Å². The van der Waals surface area contributed by atoms with Crippen molar-refractivity contribution in [1.29, 1.82) is 0 Å². The first-order valence-corrected chi connectivity index (χ1v) is 9.46. The molecule has 0 heterocycles. The van der Waals surface area contributed by atoms with Crippen LogP contribution in [0, 0.1) is 21.7 Å². The largest absolute Gasteiger partial charge is 0.387 e. The summed E-state index contributed by atoms with van der Waals surface area (Å²) in [5.74, 6) is 0. The first-order valence-electron chi connectivity index (χ1n) is 8.65. The molecule has 0 amide bonds. The van der Waals surface area contributed by atoms with Gasteiger partial charge in [0.15, 0.2) is 0 Å². The van der Waals surface area contributed by atoms with Gasteiger partial charge in [0.2, 0.25) is 0 Å². The second-order valence-corrected chi connectivity index (χ2v) is 11.5. The van der Waals surface area contributed by atoms with Gasteiger partial charge in [-0.15, -0.1) is 0 Å². The van der Waals surface area contributed by atoms with E-state index >= 15 is 0 Å². The Morgan fingerprint density at radius 3 is 1.35 bits per heavy atom. The third-order valence-electron chi connectivity index (χ3n) is 5.14. The van der Waals surface area contributed by atoms with Crippen LogP contribution in [0.4, 0.5) is 0 Å². The summed E-state index contributed by atoms with van der Waals surface area (Å²) in [7, 11) is 0. The predicted molar refractivity (Wildman–Crippen MR) is 100 cm³/mol. The molecule has 2 aliphatic carbocycles. The first-order chi connectivity index (χ1) is 10.2. The van der Waals surface area contributed by atoms with Crippen molar-refractivity contribution in [3.63, 3.8) is 0 Å². The van der Waals surface area contributed by atoms with Crippen molar-refractivity contribution in [1.82, 2.24) is 0 Å². The Hall–Kier alpha value is -0.250. The van der Waals surface area contributed by atoms with Gasteiger partial charge in [0.25, 0.3) is 0 Å². The maximum absolute atomic E-state index is 10.8. The normalized spacial score (nSPS) is 34.5. The molecule has 2 atom stereocenters. The number of hydrogen-bond acceptors (Lipinski definition) is 3. The lowest BCUT2D eigenvalue weighted by Crippen LogP contribution is -2.41. The monoisotopic (exact) mass is 338 g/mol. The van der Waals surface area contributed by atoms with Crippen molar-refractivity contribution >= 4 is 11.8 Å². The molecule has 0 saturated carbocycles. The smallest absolute Gasteiger partial charge is 0.0899 e. The molecule has 2 N–H and O–H groups in total. The maximum Gasteiger partial charge on any atom is 0.0899 e. The zero-order chi connectivity index (χ0) is 17.8. The van der Waals surface area contributed by atoms with Gasteiger partial charge in [-0.1, -0.05) is 79.3 Å². The summed E-state index contributed by atoms with van der Waals surface area (Å²) < 4.78 is 0. The minimum absolute atomic E-state index is 0.0658. The molecule has 2 aliphatic rings. The molecule has 0 aromatic heterocycles. The molecule has 0 aromatic rings. The van der Waals surface area contributed by atoms with Crippen LogP contribution in [0.15, 0.2) is 22.0 Å². The lowest BCUT2D eigenvalue weighted by molar-refractivity contribution is 0.0422. The van der Waals surface area contributed by atoms with Crippen LogP contribution in [0.2, 0.25) is 0 Å². The van der Waals surface area contributed by atoms with Gasteiger partial charge in [-0.3, -0.25) is 0 Å². The molecule has 2 unspecified atom stereocenters. The quantitative estimate of drug-likeness (QED) is 0.734. The fraction of sp³-hybridized carbons (Fsp3) is 0.800. The average molecular weight is 339 g/mol. The van der Waals surface area contributed by atoms with Gasteiger partial charge in [0, 0.05) is 9.81 Å². The summed E-state index contributed by atoms with van der Waals surface area (Å²) in [6.07, 6.45) is 5.39. The highest BCUT2D eigenvalue weighted by Crippen LogP contribution is 2.53. The summed E-state index contributed by atoms with van der Waals surface area (Å²) in [6, 6.07) is 0. The topological polar surface area (TPSA) is 40.5 Å². The molecule has 2 rings (SSSR count). The standard InChI is InChI=1S/C20H34O2S/c1-17(2)9-13(15(21)19(5,6)11-17)23-14-10-18(3,4)12-20(7,8)16(14)22/h9-10,15-16,21-22H,11-12H2,1-8H3. The average Bonchev–Trinajstić information content (AvgIpc) is 2.28. The fourth-order valence-corrected chi connectivity index (χ4v) is 6.54. The molecule has 0 saturated heterocycles. The van der Waals surface area contributed by atoms with Gasteiger partial charge in [0.05, 0.1) is 12.2 Å². The summed E-state index contributed by atoms with van der Waals surface area (Å²) in [5.41, 5.74) is -0.163. The van der Waals surface area contributed by atoms with Gasteiger partial charge >= 0.3 is 0 Å². The van der Waals surface area contributed by atoms with E-state index in [1.165, 1.54) is 0 Å². The van der Waals surface area contributed by atoms with Crippen LogP contribution >= 0.6 is 11.8 Å². The van der Waals surface area contributed by atoms with Crippen molar-refractivity contribution in [3.05, 3.63) is 22.0 Å². The molecule has 0 aliphatic heterocycles. The molecular formula is C20H34O2S. The van der Waals surface area contributed by atoms with Crippen molar-refractivity contribution in [3.8, 4) is 0 Å². The lowest BCUT2D eigenvalue weighted by atomic mass is 9.67. The maximum atomic E-state index is 10.8. The number of hydrogen-bond donors (Lipinski definition) is 2. The predicted octanol–water partition coefficient (Wildman–Crippen LogP) is 5.12. The molecule has 0 radical (unpaired) electrons. The molecule has 0 aromatic carbocycles. The van der Waals surface area contributed by atoms with Gasteiger partial charge in [-0.05, 0) is 34.5 Å². The number of rotatable bonds is 2. The fourth-order valence-electron chi connectivity index (χ4n) is 4.65. The zero-order valence-electron chi connectivity index (χ0n) is 16.0. The molecule has 0 spiro atoms. The van der Waals surface area contributed by atoms with Crippen molar-refractivity contribution < 1.29 is 10.2 Å². The van der Waals surface area contributed by atoms with Crippen LogP contribution in [0.1, 0.15) is 68.2 Å². The highest BCUT2D eigenvalue weighted by Gasteiger charge is 2.44. The van der Waals surface area contributed by atoms with Gasteiger partial charge in [-0.25, -0.2) is 0 Å². The van der Waals surface area contributed by atoms with Crippen molar-refractivity contribution in [2.24, 2.45) is 21.7 Å². The van der Waals surface area contributed by atoms with Crippen LogP contribution in [0.3, 0.4) is 0 Å². The molecular weight excluding hydrogens is 304 g/mol. The van der Waals surface area contributed by atoms with Gasteiger partial charge in [-0.2, -0.15) is 0 Å². The van der Waals surface area contributed by atoms with Gasteiger partial charge in [0.1, 0.15) is 0 Å². The molecule has 132 valence electrons. The van der Waals surface area contributed by atoms with E-state index in [2.05, 4.69) is 67.5 Å². The third kappa shape index (κ3) is 4.05. The highest BCUT2D eigenvalue weighted by atomic mass is 32.2.